The number of nitrogens with zero attached hydrogens (tertiary/aromatic N) is 3. The van der Waals surface area contributed by atoms with Crippen molar-refractivity contribution in [3.63, 3.8) is 0 Å². The van der Waals surface area contributed by atoms with Crippen LogP contribution in [0.1, 0.15) is 62.6 Å². The molecular weight excluding hydrogens is 398 g/mol. The Labute approximate surface area is 192 Å². The lowest BCUT2D eigenvalue weighted by Gasteiger charge is -2.35. The highest BCUT2D eigenvalue weighted by Gasteiger charge is 2.33. The summed E-state index contributed by atoms with van der Waals surface area (Å²) in [6.45, 7) is 2.33. The van der Waals surface area contributed by atoms with Crippen LogP contribution in [0.25, 0.3) is 0 Å². The number of likely N-dealkylation sites (N-methyl/N-ethyl adjacent to an activating group) is 1. The van der Waals surface area contributed by atoms with Crippen molar-refractivity contribution in [1.82, 2.24) is 14.8 Å². The minimum atomic E-state index is 0.0345. The van der Waals surface area contributed by atoms with Crippen LogP contribution in [0, 0.1) is 0 Å². The first-order valence-corrected chi connectivity index (χ1v) is 12.3. The van der Waals surface area contributed by atoms with Crippen molar-refractivity contribution in [3.05, 3.63) is 59.9 Å². The zero-order valence-electron chi connectivity index (χ0n) is 19.4. The van der Waals surface area contributed by atoms with E-state index in [1.807, 2.05) is 36.5 Å². The van der Waals surface area contributed by atoms with E-state index in [0.717, 1.165) is 50.1 Å². The number of pyridine rings is 1. The van der Waals surface area contributed by atoms with Crippen molar-refractivity contribution in [2.24, 2.45) is 0 Å². The smallest absolute Gasteiger partial charge is 0.240 e. The largest absolute Gasteiger partial charge is 0.493 e. The summed E-state index contributed by atoms with van der Waals surface area (Å²) in [6.07, 6.45) is 11.9. The van der Waals surface area contributed by atoms with Gasteiger partial charge in [-0.05, 0) is 69.1 Å². The van der Waals surface area contributed by atoms with E-state index < -0.39 is 0 Å². The standard InChI is InChI=1S/C27H37N3O2/c1-29-19-8-2-3-12-26(29)27(31)30(24-10-4-5-11-24)21-22-13-15-25(16-14-22)32-20-17-23-9-6-7-18-28-23/h6-7,9,13-16,18,24,26H,2-5,8,10-12,17,19-21H2,1H3/t26-/m0/s1. The van der Waals surface area contributed by atoms with E-state index in [-0.39, 0.29) is 6.04 Å². The van der Waals surface area contributed by atoms with Gasteiger partial charge in [0.15, 0.2) is 0 Å². The quantitative estimate of drug-likeness (QED) is 0.595. The van der Waals surface area contributed by atoms with Crippen LogP contribution in [0.5, 0.6) is 5.75 Å². The molecule has 2 heterocycles. The molecule has 5 heteroatoms. The van der Waals surface area contributed by atoms with Crippen molar-refractivity contribution in [2.45, 2.75) is 76.4 Å². The first-order valence-electron chi connectivity index (χ1n) is 12.3. The maximum Gasteiger partial charge on any atom is 0.240 e. The fourth-order valence-corrected chi connectivity index (χ4v) is 5.07. The molecule has 1 amide bonds. The van der Waals surface area contributed by atoms with Gasteiger partial charge >= 0.3 is 0 Å². The molecule has 1 saturated carbocycles. The third-order valence-electron chi connectivity index (χ3n) is 6.98. The summed E-state index contributed by atoms with van der Waals surface area (Å²) in [5, 5.41) is 0. The van der Waals surface area contributed by atoms with E-state index in [1.54, 1.807) is 0 Å². The van der Waals surface area contributed by atoms with Crippen LogP contribution in [0.4, 0.5) is 0 Å². The van der Waals surface area contributed by atoms with Gasteiger partial charge in [-0.2, -0.15) is 0 Å². The molecule has 0 spiro atoms. The summed E-state index contributed by atoms with van der Waals surface area (Å²) >= 11 is 0. The van der Waals surface area contributed by atoms with Gasteiger partial charge in [0.2, 0.25) is 5.91 Å². The summed E-state index contributed by atoms with van der Waals surface area (Å²) < 4.78 is 5.91. The fraction of sp³-hybridized carbons (Fsp3) is 0.556. The summed E-state index contributed by atoms with van der Waals surface area (Å²) in [4.78, 5) is 22.5. The number of carbonyl (C=O) groups excluding carboxylic acids is 1. The van der Waals surface area contributed by atoms with Crippen molar-refractivity contribution >= 4 is 5.91 Å². The molecule has 2 aliphatic rings. The van der Waals surface area contributed by atoms with Crippen LogP contribution in [0.15, 0.2) is 48.7 Å². The minimum absolute atomic E-state index is 0.0345. The van der Waals surface area contributed by atoms with Gasteiger partial charge in [0, 0.05) is 30.9 Å². The van der Waals surface area contributed by atoms with Crippen LogP contribution in [-0.4, -0.2) is 53.0 Å². The summed E-state index contributed by atoms with van der Waals surface area (Å²) in [6, 6.07) is 14.7. The monoisotopic (exact) mass is 435 g/mol. The predicted octanol–water partition coefficient (Wildman–Crippen LogP) is 4.85. The minimum Gasteiger partial charge on any atom is -0.493 e. The normalized spacial score (nSPS) is 20.1. The third kappa shape index (κ3) is 6.10. The van der Waals surface area contributed by atoms with Gasteiger partial charge in [0.05, 0.1) is 12.6 Å². The molecule has 1 aromatic heterocycles. The van der Waals surface area contributed by atoms with E-state index in [1.165, 1.54) is 31.2 Å². The molecule has 5 nitrogen and oxygen atoms in total. The lowest BCUT2D eigenvalue weighted by Crippen LogP contribution is -2.49. The van der Waals surface area contributed by atoms with Crippen LogP contribution in [0.3, 0.4) is 0 Å². The topological polar surface area (TPSA) is 45.7 Å². The number of benzene rings is 1. The summed E-state index contributed by atoms with van der Waals surface area (Å²) in [5.74, 6) is 1.20. The molecule has 2 aromatic rings. The molecule has 32 heavy (non-hydrogen) atoms. The van der Waals surface area contributed by atoms with Crippen LogP contribution in [-0.2, 0) is 17.8 Å². The van der Waals surface area contributed by atoms with Crippen molar-refractivity contribution in [2.75, 3.05) is 20.2 Å². The molecule has 1 aliphatic heterocycles. The average molecular weight is 436 g/mol. The number of aromatic nitrogens is 1. The number of rotatable bonds is 8. The Bertz CT molecular complexity index is 834. The second-order valence-electron chi connectivity index (χ2n) is 9.31. The summed E-state index contributed by atoms with van der Waals surface area (Å²) in [7, 11) is 2.12. The molecule has 1 aromatic carbocycles. The number of hydrogen-bond donors (Lipinski definition) is 0. The molecule has 0 N–H and O–H groups in total. The predicted molar refractivity (Wildman–Crippen MR) is 128 cm³/mol. The maximum absolute atomic E-state index is 13.6. The Morgan fingerprint density at radius 3 is 2.56 bits per heavy atom. The van der Waals surface area contributed by atoms with Gasteiger partial charge in [-0.15, -0.1) is 0 Å². The second-order valence-corrected chi connectivity index (χ2v) is 9.31. The highest BCUT2D eigenvalue weighted by molar-refractivity contribution is 5.82. The molecular formula is C27H37N3O2. The van der Waals surface area contributed by atoms with Crippen molar-refractivity contribution < 1.29 is 9.53 Å². The van der Waals surface area contributed by atoms with E-state index in [2.05, 4.69) is 34.0 Å². The lowest BCUT2D eigenvalue weighted by molar-refractivity contribution is -0.139. The van der Waals surface area contributed by atoms with E-state index in [0.29, 0.717) is 25.1 Å². The van der Waals surface area contributed by atoms with Crippen molar-refractivity contribution in [3.8, 4) is 5.75 Å². The van der Waals surface area contributed by atoms with Gasteiger partial charge in [-0.1, -0.05) is 43.9 Å². The number of ether oxygens (including phenoxy) is 1. The molecule has 1 saturated heterocycles. The zero-order valence-corrected chi connectivity index (χ0v) is 19.4. The highest BCUT2D eigenvalue weighted by Crippen LogP contribution is 2.28. The average Bonchev–Trinajstić information content (AvgIpc) is 3.27. The van der Waals surface area contributed by atoms with Crippen LogP contribution >= 0.6 is 0 Å². The van der Waals surface area contributed by atoms with Gasteiger partial charge < -0.3 is 9.64 Å². The Hall–Kier alpha value is -2.40. The number of likely N-dealkylation sites (tertiary alicyclic amines) is 1. The molecule has 4 rings (SSSR count). The van der Waals surface area contributed by atoms with E-state index in [9.17, 15) is 4.79 Å². The Kier molecular flexibility index (Phi) is 8.16. The first-order chi connectivity index (χ1) is 15.7. The SMILES string of the molecule is CN1CCCCC[C@H]1C(=O)N(Cc1ccc(OCCc2ccccn2)cc1)C1CCCC1. The van der Waals surface area contributed by atoms with E-state index in [4.69, 9.17) is 4.74 Å². The Morgan fingerprint density at radius 1 is 1.03 bits per heavy atom. The number of amides is 1. The molecule has 172 valence electrons. The molecule has 1 atom stereocenters. The number of hydrogen-bond acceptors (Lipinski definition) is 4. The van der Waals surface area contributed by atoms with Crippen LogP contribution in [0.2, 0.25) is 0 Å². The molecule has 0 bridgehead atoms. The third-order valence-corrected chi connectivity index (χ3v) is 6.98. The maximum atomic E-state index is 13.6. The Morgan fingerprint density at radius 2 is 1.81 bits per heavy atom. The first kappa shape index (κ1) is 22.8. The summed E-state index contributed by atoms with van der Waals surface area (Å²) in [5.41, 5.74) is 2.22. The molecule has 0 radical (unpaired) electrons. The molecule has 0 unspecified atom stereocenters. The Balaban J connectivity index is 1.37. The van der Waals surface area contributed by atoms with Gasteiger partial charge in [0.25, 0.3) is 0 Å². The second kappa shape index (κ2) is 11.5. The highest BCUT2D eigenvalue weighted by atomic mass is 16.5. The number of carbonyl (C=O) groups is 1. The van der Waals surface area contributed by atoms with Gasteiger partial charge in [0.1, 0.15) is 5.75 Å². The van der Waals surface area contributed by atoms with E-state index >= 15 is 0 Å². The fourth-order valence-electron chi connectivity index (χ4n) is 5.07. The van der Waals surface area contributed by atoms with Gasteiger partial charge in [-0.25, -0.2) is 0 Å². The zero-order chi connectivity index (χ0) is 22.2. The van der Waals surface area contributed by atoms with Crippen LogP contribution < -0.4 is 4.74 Å². The lowest BCUT2D eigenvalue weighted by atomic mass is 10.1. The van der Waals surface area contributed by atoms with Crippen molar-refractivity contribution in [1.29, 1.82) is 0 Å². The molecule has 1 aliphatic carbocycles. The molecule has 2 fully saturated rings. The van der Waals surface area contributed by atoms with Gasteiger partial charge in [-0.3, -0.25) is 14.7 Å².